The number of nitrogens with zero attached hydrogens (tertiary/aromatic N) is 2. The largest absolute Gasteiger partial charge is 0.493 e. The third-order valence-electron chi connectivity index (χ3n) is 4.54. The third-order valence-corrected chi connectivity index (χ3v) is 4.54. The first-order valence-corrected chi connectivity index (χ1v) is 7.47. The Morgan fingerprint density at radius 1 is 1.30 bits per heavy atom. The molecule has 1 aromatic rings. The molecule has 1 aromatic carbocycles. The molecule has 2 aliphatic rings. The summed E-state index contributed by atoms with van der Waals surface area (Å²) in [5.74, 6) is 0.979. The number of hydrogen-bond donors (Lipinski definition) is 1. The molecule has 0 spiro atoms. The van der Waals surface area contributed by atoms with Crippen LogP contribution in [-0.2, 0) is 6.42 Å². The van der Waals surface area contributed by atoms with Gasteiger partial charge < -0.3 is 14.7 Å². The summed E-state index contributed by atoms with van der Waals surface area (Å²) in [5, 5.41) is 10.8. The van der Waals surface area contributed by atoms with Crippen LogP contribution in [0.15, 0.2) is 18.2 Å². The van der Waals surface area contributed by atoms with Gasteiger partial charge in [-0.05, 0) is 56.9 Å². The van der Waals surface area contributed by atoms with Crippen molar-refractivity contribution in [3.8, 4) is 5.75 Å². The van der Waals surface area contributed by atoms with Crippen LogP contribution in [0.2, 0.25) is 0 Å². The van der Waals surface area contributed by atoms with Crippen molar-refractivity contribution in [2.45, 2.75) is 25.0 Å². The monoisotopic (exact) mass is 276 g/mol. The van der Waals surface area contributed by atoms with Crippen LogP contribution in [0.3, 0.4) is 0 Å². The van der Waals surface area contributed by atoms with Crippen molar-refractivity contribution >= 4 is 0 Å². The molecular formula is C16H24N2O2. The van der Waals surface area contributed by atoms with Gasteiger partial charge in [-0.15, -0.1) is 0 Å². The molecule has 110 valence electrons. The highest BCUT2D eigenvalue weighted by molar-refractivity contribution is 5.40. The Bertz CT molecular complexity index is 478. The van der Waals surface area contributed by atoms with Crippen molar-refractivity contribution in [3.05, 3.63) is 29.3 Å². The summed E-state index contributed by atoms with van der Waals surface area (Å²) in [7, 11) is 4.25. The third kappa shape index (κ3) is 2.68. The van der Waals surface area contributed by atoms with E-state index in [1.807, 2.05) is 12.1 Å². The molecular weight excluding hydrogens is 252 g/mol. The molecule has 0 radical (unpaired) electrons. The molecule has 3 rings (SSSR count). The highest BCUT2D eigenvalue weighted by atomic mass is 16.5. The maximum atomic E-state index is 10.8. The second kappa shape index (κ2) is 5.72. The molecule has 4 heteroatoms. The van der Waals surface area contributed by atoms with Crippen molar-refractivity contribution in [1.82, 2.24) is 9.80 Å². The molecule has 4 nitrogen and oxygen atoms in total. The topological polar surface area (TPSA) is 35.9 Å². The van der Waals surface area contributed by atoms with E-state index in [0.717, 1.165) is 50.4 Å². The number of likely N-dealkylation sites (N-methyl/N-ethyl adjacent to an activating group) is 2. The first-order chi connectivity index (χ1) is 9.65. The molecule has 2 atom stereocenters. The molecule has 20 heavy (non-hydrogen) atoms. The van der Waals surface area contributed by atoms with Gasteiger partial charge in [0.15, 0.2) is 0 Å². The Kier molecular flexibility index (Phi) is 3.96. The molecule has 2 heterocycles. The Hall–Kier alpha value is -1.10. The quantitative estimate of drug-likeness (QED) is 0.883. The maximum Gasteiger partial charge on any atom is 0.122 e. The van der Waals surface area contributed by atoms with Gasteiger partial charge >= 0.3 is 0 Å². The summed E-state index contributed by atoms with van der Waals surface area (Å²) in [4.78, 5) is 4.60. The van der Waals surface area contributed by atoms with Crippen molar-refractivity contribution in [2.24, 2.45) is 0 Å². The zero-order chi connectivity index (χ0) is 14.1. The lowest BCUT2D eigenvalue weighted by atomic mass is 9.98. The van der Waals surface area contributed by atoms with Crippen LogP contribution in [0.25, 0.3) is 0 Å². The molecule has 2 unspecified atom stereocenters. The zero-order valence-electron chi connectivity index (χ0n) is 12.4. The fourth-order valence-electron chi connectivity index (χ4n) is 3.26. The van der Waals surface area contributed by atoms with Gasteiger partial charge in [0, 0.05) is 13.0 Å². The predicted octanol–water partition coefficient (Wildman–Crippen LogP) is 1.29. The van der Waals surface area contributed by atoms with Gasteiger partial charge in [0.2, 0.25) is 0 Å². The highest BCUT2D eigenvalue weighted by Crippen LogP contribution is 2.30. The second-order valence-corrected chi connectivity index (χ2v) is 6.07. The van der Waals surface area contributed by atoms with Gasteiger partial charge in [-0.2, -0.15) is 0 Å². The minimum Gasteiger partial charge on any atom is -0.493 e. The zero-order valence-corrected chi connectivity index (χ0v) is 12.4. The van der Waals surface area contributed by atoms with Gasteiger partial charge in [-0.25, -0.2) is 0 Å². The lowest BCUT2D eigenvalue weighted by Gasteiger charge is -2.32. The van der Waals surface area contributed by atoms with E-state index < -0.39 is 6.10 Å². The lowest BCUT2D eigenvalue weighted by Crippen LogP contribution is -2.42. The molecule has 0 amide bonds. The van der Waals surface area contributed by atoms with E-state index >= 15 is 0 Å². The fraction of sp³-hybridized carbons (Fsp3) is 0.625. The number of ether oxygens (including phenoxy) is 1. The van der Waals surface area contributed by atoms with Crippen molar-refractivity contribution in [2.75, 3.05) is 40.3 Å². The average Bonchev–Trinajstić information content (AvgIpc) is 2.84. The fourth-order valence-corrected chi connectivity index (χ4v) is 3.26. The van der Waals surface area contributed by atoms with Crippen LogP contribution < -0.4 is 4.74 Å². The van der Waals surface area contributed by atoms with E-state index in [1.54, 1.807) is 0 Å². The number of benzene rings is 1. The van der Waals surface area contributed by atoms with E-state index in [0.29, 0.717) is 0 Å². The summed E-state index contributed by atoms with van der Waals surface area (Å²) < 4.78 is 5.54. The first kappa shape index (κ1) is 13.9. The van der Waals surface area contributed by atoms with Crippen LogP contribution >= 0.6 is 0 Å². The van der Waals surface area contributed by atoms with Crippen LogP contribution in [0.1, 0.15) is 23.7 Å². The first-order valence-electron chi connectivity index (χ1n) is 7.47. The molecule has 0 aliphatic carbocycles. The molecule has 1 fully saturated rings. The van der Waals surface area contributed by atoms with E-state index in [-0.39, 0.29) is 6.04 Å². The van der Waals surface area contributed by atoms with E-state index in [2.05, 4.69) is 30.0 Å². The molecule has 0 aromatic heterocycles. The molecule has 1 N–H and O–H groups in total. The van der Waals surface area contributed by atoms with E-state index in [4.69, 9.17) is 4.74 Å². The van der Waals surface area contributed by atoms with Crippen LogP contribution in [0.4, 0.5) is 0 Å². The Morgan fingerprint density at radius 2 is 2.15 bits per heavy atom. The number of rotatable bonds is 2. The minimum atomic E-state index is -0.438. The lowest BCUT2D eigenvalue weighted by molar-refractivity contribution is 0.0572. The van der Waals surface area contributed by atoms with Crippen LogP contribution in [-0.4, -0.2) is 61.3 Å². The number of hydrogen-bond acceptors (Lipinski definition) is 4. The van der Waals surface area contributed by atoms with E-state index in [9.17, 15) is 5.11 Å². The SMILES string of the molecule is CN1CCCN(C)C(C(O)c2ccc3c(c2)CCO3)C1. The standard InChI is InChI=1S/C16H24N2O2/c1-17-7-3-8-18(2)14(11-17)16(19)13-4-5-15-12(10-13)6-9-20-15/h4-5,10,14,16,19H,3,6-9,11H2,1-2H3. The summed E-state index contributed by atoms with van der Waals surface area (Å²) in [6.45, 7) is 3.82. The van der Waals surface area contributed by atoms with Gasteiger partial charge in [0.25, 0.3) is 0 Å². The van der Waals surface area contributed by atoms with Crippen LogP contribution in [0.5, 0.6) is 5.75 Å². The summed E-state index contributed by atoms with van der Waals surface area (Å²) in [6, 6.07) is 6.28. The van der Waals surface area contributed by atoms with Crippen LogP contribution in [0, 0.1) is 0 Å². The average molecular weight is 276 g/mol. The summed E-state index contributed by atoms with van der Waals surface area (Å²) in [5.41, 5.74) is 2.24. The number of aliphatic hydroxyl groups is 1. The number of aliphatic hydroxyl groups excluding tert-OH is 1. The van der Waals surface area contributed by atoms with Crippen molar-refractivity contribution in [1.29, 1.82) is 0 Å². The highest BCUT2D eigenvalue weighted by Gasteiger charge is 2.29. The molecule has 2 aliphatic heterocycles. The Balaban J connectivity index is 1.81. The normalized spacial score (nSPS) is 25.9. The van der Waals surface area contributed by atoms with Gasteiger partial charge in [-0.1, -0.05) is 6.07 Å². The van der Waals surface area contributed by atoms with Gasteiger partial charge in [0.05, 0.1) is 18.8 Å². The molecule has 1 saturated heterocycles. The molecule has 0 bridgehead atoms. The van der Waals surface area contributed by atoms with E-state index in [1.165, 1.54) is 5.56 Å². The second-order valence-electron chi connectivity index (χ2n) is 6.07. The summed E-state index contributed by atoms with van der Waals surface area (Å²) >= 11 is 0. The number of fused-ring (bicyclic) bond motifs is 1. The Morgan fingerprint density at radius 3 is 3.00 bits per heavy atom. The predicted molar refractivity (Wildman–Crippen MR) is 79.1 cm³/mol. The smallest absolute Gasteiger partial charge is 0.122 e. The molecule has 0 saturated carbocycles. The van der Waals surface area contributed by atoms with Gasteiger partial charge in [-0.3, -0.25) is 4.90 Å². The Labute approximate surface area is 120 Å². The van der Waals surface area contributed by atoms with Crippen molar-refractivity contribution in [3.63, 3.8) is 0 Å². The maximum absolute atomic E-state index is 10.8. The minimum absolute atomic E-state index is 0.155. The van der Waals surface area contributed by atoms with Crippen molar-refractivity contribution < 1.29 is 9.84 Å². The summed E-state index contributed by atoms with van der Waals surface area (Å²) in [6.07, 6.45) is 1.68. The van der Waals surface area contributed by atoms with Gasteiger partial charge in [0.1, 0.15) is 5.75 Å².